The lowest BCUT2D eigenvalue weighted by molar-refractivity contribution is 0.102. The number of rotatable bonds is 5. The van der Waals surface area contributed by atoms with Gasteiger partial charge in [0.15, 0.2) is 11.5 Å². The third-order valence-electron chi connectivity index (χ3n) is 4.15. The number of carbonyl (C=O) groups is 1. The van der Waals surface area contributed by atoms with Crippen molar-refractivity contribution in [3.8, 4) is 17.2 Å². The summed E-state index contributed by atoms with van der Waals surface area (Å²) in [6.07, 6.45) is 1.74. The minimum atomic E-state index is -0.279. The molecule has 6 heteroatoms. The highest BCUT2D eigenvalue weighted by Gasteiger charge is 2.17. The first kappa shape index (κ1) is 17.5. The number of hydrogen-bond acceptors (Lipinski definition) is 5. The summed E-state index contributed by atoms with van der Waals surface area (Å²) >= 11 is 0. The molecule has 134 valence electrons. The fourth-order valence-corrected chi connectivity index (χ4v) is 2.83. The van der Waals surface area contributed by atoms with Crippen LogP contribution in [-0.2, 0) is 0 Å². The van der Waals surface area contributed by atoms with Gasteiger partial charge in [0, 0.05) is 17.1 Å². The first-order valence-corrected chi connectivity index (χ1v) is 8.04. The van der Waals surface area contributed by atoms with Gasteiger partial charge in [0.2, 0.25) is 5.75 Å². The van der Waals surface area contributed by atoms with Crippen LogP contribution in [0.3, 0.4) is 0 Å². The van der Waals surface area contributed by atoms with E-state index in [-0.39, 0.29) is 5.91 Å². The molecular formula is C20H20N2O4. The van der Waals surface area contributed by atoms with Crippen molar-refractivity contribution in [3.63, 3.8) is 0 Å². The molecule has 0 saturated carbocycles. The van der Waals surface area contributed by atoms with Crippen LogP contribution in [-0.4, -0.2) is 32.2 Å². The summed E-state index contributed by atoms with van der Waals surface area (Å²) < 4.78 is 15.9. The van der Waals surface area contributed by atoms with E-state index in [0.717, 1.165) is 16.5 Å². The molecule has 6 nitrogen and oxygen atoms in total. The monoisotopic (exact) mass is 352 g/mol. The Labute approximate surface area is 151 Å². The Morgan fingerprint density at radius 3 is 2.31 bits per heavy atom. The van der Waals surface area contributed by atoms with Crippen molar-refractivity contribution in [3.05, 3.63) is 53.7 Å². The molecule has 0 unspecified atom stereocenters. The molecule has 1 heterocycles. The molecule has 0 fully saturated rings. The Morgan fingerprint density at radius 1 is 1.00 bits per heavy atom. The second kappa shape index (κ2) is 7.31. The van der Waals surface area contributed by atoms with Gasteiger partial charge in [-0.15, -0.1) is 0 Å². The Bertz CT molecular complexity index is 944. The number of benzene rings is 2. The van der Waals surface area contributed by atoms with Crippen molar-refractivity contribution in [2.24, 2.45) is 0 Å². The molecule has 26 heavy (non-hydrogen) atoms. The van der Waals surface area contributed by atoms with Crippen molar-refractivity contribution in [1.29, 1.82) is 0 Å². The van der Waals surface area contributed by atoms with Crippen LogP contribution in [0.4, 0.5) is 5.69 Å². The largest absolute Gasteiger partial charge is 0.493 e. The van der Waals surface area contributed by atoms with E-state index in [9.17, 15) is 4.79 Å². The number of aryl methyl sites for hydroxylation is 1. The van der Waals surface area contributed by atoms with Crippen LogP contribution in [0.1, 0.15) is 15.9 Å². The van der Waals surface area contributed by atoms with E-state index in [1.165, 1.54) is 21.3 Å². The van der Waals surface area contributed by atoms with Crippen molar-refractivity contribution < 1.29 is 19.0 Å². The Balaban J connectivity index is 2.00. The van der Waals surface area contributed by atoms with E-state index in [1.54, 1.807) is 18.3 Å². The molecule has 2 aromatic carbocycles. The number of carbonyl (C=O) groups excluding carboxylic acids is 1. The zero-order valence-electron chi connectivity index (χ0n) is 15.1. The van der Waals surface area contributed by atoms with Gasteiger partial charge in [-0.05, 0) is 42.8 Å². The average molecular weight is 352 g/mol. The standard InChI is InChI=1S/C20H20N2O4/c1-12-7-8-15(14-6-5-9-21-18(12)14)22-20(23)13-10-16(24-2)19(26-4)17(11-13)25-3/h5-11H,1-4H3,(H,22,23). The molecule has 3 aromatic rings. The summed E-state index contributed by atoms with van der Waals surface area (Å²) in [4.78, 5) is 17.2. The van der Waals surface area contributed by atoms with E-state index in [1.807, 2.05) is 31.2 Å². The number of amides is 1. The second-order valence-corrected chi connectivity index (χ2v) is 5.70. The fraction of sp³-hybridized carbons (Fsp3) is 0.200. The van der Waals surface area contributed by atoms with Crippen LogP contribution in [0.15, 0.2) is 42.6 Å². The van der Waals surface area contributed by atoms with Crippen molar-refractivity contribution in [1.82, 2.24) is 4.98 Å². The molecule has 1 amide bonds. The lowest BCUT2D eigenvalue weighted by Gasteiger charge is -2.15. The molecule has 0 aliphatic carbocycles. The summed E-state index contributed by atoms with van der Waals surface area (Å²) in [6.45, 7) is 1.99. The first-order valence-electron chi connectivity index (χ1n) is 8.04. The smallest absolute Gasteiger partial charge is 0.255 e. The predicted octanol–water partition coefficient (Wildman–Crippen LogP) is 3.82. The minimum Gasteiger partial charge on any atom is -0.493 e. The fourth-order valence-electron chi connectivity index (χ4n) is 2.83. The molecular weight excluding hydrogens is 332 g/mol. The summed E-state index contributed by atoms with van der Waals surface area (Å²) in [6, 6.07) is 10.8. The van der Waals surface area contributed by atoms with Crippen molar-refractivity contribution >= 4 is 22.5 Å². The van der Waals surface area contributed by atoms with Gasteiger partial charge in [-0.3, -0.25) is 9.78 Å². The summed E-state index contributed by atoms with van der Waals surface area (Å²) in [5.74, 6) is 1.01. The lowest BCUT2D eigenvalue weighted by atomic mass is 10.1. The molecule has 1 aromatic heterocycles. The van der Waals surface area contributed by atoms with E-state index < -0.39 is 0 Å². The topological polar surface area (TPSA) is 69.7 Å². The van der Waals surface area contributed by atoms with Crippen LogP contribution < -0.4 is 19.5 Å². The van der Waals surface area contributed by atoms with Crippen LogP contribution in [0.25, 0.3) is 10.9 Å². The summed E-state index contributed by atoms with van der Waals surface area (Å²) in [5, 5.41) is 3.82. The van der Waals surface area contributed by atoms with Gasteiger partial charge in [0.1, 0.15) is 0 Å². The first-order chi connectivity index (χ1) is 12.6. The van der Waals surface area contributed by atoms with E-state index in [2.05, 4.69) is 10.3 Å². The Morgan fingerprint density at radius 2 is 1.69 bits per heavy atom. The molecule has 0 aliphatic rings. The van der Waals surface area contributed by atoms with Gasteiger partial charge in [0.05, 0.1) is 32.5 Å². The normalized spacial score (nSPS) is 10.5. The van der Waals surface area contributed by atoms with E-state index in [4.69, 9.17) is 14.2 Å². The highest BCUT2D eigenvalue weighted by Crippen LogP contribution is 2.38. The molecule has 0 saturated heterocycles. The van der Waals surface area contributed by atoms with Crippen molar-refractivity contribution in [2.45, 2.75) is 6.92 Å². The van der Waals surface area contributed by atoms with Crippen LogP contribution in [0.5, 0.6) is 17.2 Å². The lowest BCUT2D eigenvalue weighted by Crippen LogP contribution is -2.13. The number of hydrogen-bond donors (Lipinski definition) is 1. The summed E-state index contributed by atoms with van der Waals surface area (Å²) in [5.41, 5.74) is 3.00. The Hall–Kier alpha value is -3.28. The molecule has 3 rings (SSSR count). The van der Waals surface area contributed by atoms with Gasteiger partial charge < -0.3 is 19.5 Å². The number of ether oxygens (including phenoxy) is 3. The Kier molecular flexibility index (Phi) is 4.93. The number of pyridine rings is 1. The zero-order valence-corrected chi connectivity index (χ0v) is 15.1. The highest BCUT2D eigenvalue weighted by molar-refractivity contribution is 6.09. The van der Waals surface area contributed by atoms with E-state index >= 15 is 0 Å². The minimum absolute atomic E-state index is 0.279. The molecule has 0 radical (unpaired) electrons. The highest BCUT2D eigenvalue weighted by atomic mass is 16.5. The van der Waals surface area contributed by atoms with Gasteiger partial charge in [-0.1, -0.05) is 6.07 Å². The third kappa shape index (κ3) is 3.13. The molecule has 0 aliphatic heterocycles. The van der Waals surface area contributed by atoms with Crippen LogP contribution in [0.2, 0.25) is 0 Å². The molecule has 0 spiro atoms. The van der Waals surface area contributed by atoms with E-state index in [0.29, 0.717) is 28.5 Å². The maximum atomic E-state index is 12.8. The third-order valence-corrected chi connectivity index (χ3v) is 4.15. The van der Waals surface area contributed by atoms with Crippen LogP contribution in [0, 0.1) is 6.92 Å². The number of methoxy groups -OCH3 is 3. The predicted molar refractivity (Wildman–Crippen MR) is 101 cm³/mol. The zero-order chi connectivity index (χ0) is 18.7. The molecule has 0 bridgehead atoms. The average Bonchev–Trinajstić information content (AvgIpc) is 2.68. The van der Waals surface area contributed by atoms with Gasteiger partial charge >= 0.3 is 0 Å². The molecule has 1 N–H and O–H groups in total. The van der Waals surface area contributed by atoms with Crippen molar-refractivity contribution in [2.75, 3.05) is 26.6 Å². The van der Waals surface area contributed by atoms with Crippen LogP contribution >= 0.6 is 0 Å². The number of anilines is 1. The SMILES string of the molecule is COc1cc(C(=O)Nc2ccc(C)c3ncccc23)cc(OC)c1OC. The summed E-state index contributed by atoms with van der Waals surface area (Å²) in [7, 11) is 4.54. The number of nitrogens with one attached hydrogen (secondary N) is 1. The van der Waals surface area contributed by atoms with Gasteiger partial charge in [-0.2, -0.15) is 0 Å². The number of nitrogens with zero attached hydrogens (tertiary/aromatic N) is 1. The van der Waals surface area contributed by atoms with Gasteiger partial charge in [-0.25, -0.2) is 0 Å². The second-order valence-electron chi connectivity index (χ2n) is 5.70. The number of aromatic nitrogens is 1. The van der Waals surface area contributed by atoms with Gasteiger partial charge in [0.25, 0.3) is 5.91 Å². The number of fused-ring (bicyclic) bond motifs is 1. The maximum absolute atomic E-state index is 12.8. The molecule has 0 atom stereocenters. The maximum Gasteiger partial charge on any atom is 0.255 e. The quantitative estimate of drug-likeness (QED) is 0.756.